The lowest BCUT2D eigenvalue weighted by atomic mass is 10.00. The van der Waals surface area contributed by atoms with Crippen LogP contribution < -0.4 is 0 Å². The molecule has 0 aliphatic heterocycles. The molecule has 3 heteroatoms. The topological polar surface area (TPSA) is 20.2 Å². The van der Waals surface area contributed by atoms with Gasteiger partial charge in [-0.25, -0.2) is 0 Å². The molecule has 0 bridgehead atoms. The van der Waals surface area contributed by atoms with Crippen molar-refractivity contribution >= 4 is 22.9 Å². The third kappa shape index (κ3) is 2.07. The Bertz CT molecular complexity index is 451. The number of hydrogen-bond donors (Lipinski definition) is 1. The minimum Gasteiger partial charge on any atom is -0.384 e. The number of hydrogen-bond acceptors (Lipinski definition) is 2. The number of thiophene rings is 1. The van der Waals surface area contributed by atoms with E-state index in [1.54, 1.807) is 11.3 Å². The van der Waals surface area contributed by atoms with E-state index in [9.17, 15) is 5.11 Å². The number of benzene rings is 1. The first-order valence-corrected chi connectivity index (χ1v) is 5.97. The summed E-state index contributed by atoms with van der Waals surface area (Å²) in [6, 6.07) is 7.53. The van der Waals surface area contributed by atoms with Crippen LogP contribution in [0.15, 0.2) is 35.0 Å². The maximum Gasteiger partial charge on any atom is 0.105 e. The van der Waals surface area contributed by atoms with Crippen molar-refractivity contribution < 1.29 is 5.11 Å². The summed E-state index contributed by atoms with van der Waals surface area (Å²) >= 11 is 7.59. The van der Waals surface area contributed by atoms with Gasteiger partial charge < -0.3 is 5.11 Å². The standard InChI is InChI=1S/C12H11ClOS/c1-8-10(3-2-4-11(8)13)12(14)9-5-6-15-7-9/h2-7,12,14H,1H3. The molecule has 0 aliphatic carbocycles. The van der Waals surface area contributed by atoms with Crippen LogP contribution in [0.2, 0.25) is 5.02 Å². The average molecular weight is 239 g/mol. The van der Waals surface area contributed by atoms with E-state index in [1.807, 2.05) is 41.9 Å². The second-order valence-electron chi connectivity index (χ2n) is 3.41. The Labute approximate surface area is 98.0 Å². The van der Waals surface area contributed by atoms with Crippen LogP contribution in [0, 0.1) is 6.92 Å². The van der Waals surface area contributed by atoms with Gasteiger partial charge in [0.15, 0.2) is 0 Å². The average Bonchev–Trinajstić information content (AvgIpc) is 2.74. The summed E-state index contributed by atoms with van der Waals surface area (Å²) in [5, 5.41) is 14.7. The molecule has 1 heterocycles. The molecule has 78 valence electrons. The zero-order valence-electron chi connectivity index (χ0n) is 8.27. The molecule has 1 unspecified atom stereocenters. The molecule has 1 aromatic carbocycles. The first-order chi connectivity index (χ1) is 7.20. The van der Waals surface area contributed by atoms with Gasteiger partial charge in [0.25, 0.3) is 0 Å². The van der Waals surface area contributed by atoms with E-state index in [0.717, 1.165) is 16.7 Å². The van der Waals surface area contributed by atoms with Crippen molar-refractivity contribution in [2.45, 2.75) is 13.0 Å². The van der Waals surface area contributed by atoms with Gasteiger partial charge in [-0.3, -0.25) is 0 Å². The van der Waals surface area contributed by atoms with Crippen LogP contribution in [0.5, 0.6) is 0 Å². The predicted molar refractivity (Wildman–Crippen MR) is 64.6 cm³/mol. The van der Waals surface area contributed by atoms with Gasteiger partial charge in [-0.05, 0) is 46.5 Å². The van der Waals surface area contributed by atoms with Crippen molar-refractivity contribution in [3.05, 3.63) is 56.7 Å². The molecule has 1 N–H and O–H groups in total. The van der Waals surface area contributed by atoms with Crippen LogP contribution in [0.25, 0.3) is 0 Å². The van der Waals surface area contributed by atoms with E-state index in [-0.39, 0.29) is 0 Å². The van der Waals surface area contributed by atoms with Gasteiger partial charge in [-0.15, -0.1) is 0 Å². The molecule has 0 fully saturated rings. The lowest BCUT2D eigenvalue weighted by molar-refractivity contribution is 0.220. The lowest BCUT2D eigenvalue weighted by Gasteiger charge is -2.13. The van der Waals surface area contributed by atoms with Gasteiger partial charge in [0.05, 0.1) is 0 Å². The van der Waals surface area contributed by atoms with Crippen LogP contribution in [0.3, 0.4) is 0 Å². The van der Waals surface area contributed by atoms with Crippen molar-refractivity contribution in [1.29, 1.82) is 0 Å². The van der Waals surface area contributed by atoms with Crippen molar-refractivity contribution in [2.24, 2.45) is 0 Å². The SMILES string of the molecule is Cc1c(Cl)cccc1C(O)c1ccsc1. The fourth-order valence-electron chi connectivity index (χ4n) is 1.53. The van der Waals surface area contributed by atoms with Crippen LogP contribution in [0.1, 0.15) is 22.8 Å². The second-order valence-corrected chi connectivity index (χ2v) is 4.60. The smallest absolute Gasteiger partial charge is 0.105 e. The highest BCUT2D eigenvalue weighted by molar-refractivity contribution is 7.07. The molecule has 0 radical (unpaired) electrons. The van der Waals surface area contributed by atoms with Crippen LogP contribution in [-0.4, -0.2) is 5.11 Å². The minimum absolute atomic E-state index is 0.574. The van der Waals surface area contributed by atoms with Crippen molar-refractivity contribution in [1.82, 2.24) is 0 Å². The maximum atomic E-state index is 10.1. The Kier molecular flexibility index (Phi) is 3.10. The fourth-order valence-corrected chi connectivity index (χ4v) is 2.39. The monoisotopic (exact) mass is 238 g/mol. The highest BCUT2D eigenvalue weighted by atomic mass is 35.5. The first-order valence-electron chi connectivity index (χ1n) is 4.65. The van der Waals surface area contributed by atoms with Crippen molar-refractivity contribution in [3.63, 3.8) is 0 Å². The zero-order valence-corrected chi connectivity index (χ0v) is 9.85. The van der Waals surface area contributed by atoms with Crippen LogP contribution in [0.4, 0.5) is 0 Å². The molecule has 0 amide bonds. The molecule has 2 aromatic rings. The number of aliphatic hydroxyl groups excluding tert-OH is 1. The van der Waals surface area contributed by atoms with E-state index in [1.165, 1.54) is 0 Å². The molecular weight excluding hydrogens is 228 g/mol. The van der Waals surface area contributed by atoms with Crippen LogP contribution in [-0.2, 0) is 0 Å². The van der Waals surface area contributed by atoms with E-state index in [2.05, 4.69) is 0 Å². The van der Waals surface area contributed by atoms with E-state index in [0.29, 0.717) is 5.02 Å². The molecule has 1 aromatic heterocycles. The molecule has 1 nitrogen and oxygen atoms in total. The van der Waals surface area contributed by atoms with Gasteiger partial charge in [-0.1, -0.05) is 23.7 Å². The van der Waals surface area contributed by atoms with Gasteiger partial charge in [0.1, 0.15) is 6.10 Å². The summed E-state index contributed by atoms with van der Waals surface area (Å²) in [6.07, 6.45) is -0.574. The normalized spacial score (nSPS) is 12.7. The van der Waals surface area contributed by atoms with Gasteiger partial charge in [0.2, 0.25) is 0 Å². The summed E-state index contributed by atoms with van der Waals surface area (Å²) in [5.74, 6) is 0. The van der Waals surface area contributed by atoms with Crippen molar-refractivity contribution in [3.8, 4) is 0 Å². The van der Waals surface area contributed by atoms with E-state index < -0.39 is 6.10 Å². The summed E-state index contributed by atoms with van der Waals surface area (Å²) in [5.41, 5.74) is 2.74. The second kappa shape index (κ2) is 4.35. The van der Waals surface area contributed by atoms with Gasteiger partial charge in [-0.2, -0.15) is 11.3 Å². The highest BCUT2D eigenvalue weighted by Gasteiger charge is 2.14. The predicted octanol–water partition coefficient (Wildman–Crippen LogP) is 3.79. The molecule has 0 aliphatic rings. The summed E-state index contributed by atoms with van der Waals surface area (Å²) < 4.78 is 0. The number of aliphatic hydroxyl groups is 1. The third-order valence-corrected chi connectivity index (χ3v) is 3.57. The summed E-state index contributed by atoms with van der Waals surface area (Å²) in [6.45, 7) is 1.92. The summed E-state index contributed by atoms with van der Waals surface area (Å²) in [4.78, 5) is 0. The van der Waals surface area contributed by atoms with Crippen molar-refractivity contribution in [2.75, 3.05) is 0 Å². The van der Waals surface area contributed by atoms with Gasteiger partial charge >= 0.3 is 0 Å². The number of halogens is 1. The Morgan fingerprint density at radius 2 is 2.13 bits per heavy atom. The molecule has 0 saturated carbocycles. The molecule has 15 heavy (non-hydrogen) atoms. The largest absolute Gasteiger partial charge is 0.384 e. The van der Waals surface area contributed by atoms with Gasteiger partial charge in [0, 0.05) is 5.02 Å². The summed E-state index contributed by atoms with van der Waals surface area (Å²) in [7, 11) is 0. The Hall–Kier alpha value is -0.830. The first kappa shape index (κ1) is 10.7. The fraction of sp³-hybridized carbons (Fsp3) is 0.167. The molecule has 1 atom stereocenters. The van der Waals surface area contributed by atoms with E-state index in [4.69, 9.17) is 11.6 Å². The van der Waals surface area contributed by atoms with E-state index >= 15 is 0 Å². The molecule has 2 rings (SSSR count). The Morgan fingerprint density at radius 1 is 1.33 bits per heavy atom. The Balaban J connectivity index is 2.42. The lowest BCUT2D eigenvalue weighted by Crippen LogP contribution is -2.00. The van der Waals surface area contributed by atoms with Crippen LogP contribution >= 0.6 is 22.9 Å². The minimum atomic E-state index is -0.574. The third-order valence-electron chi connectivity index (χ3n) is 2.46. The molecular formula is C12H11ClOS. The maximum absolute atomic E-state index is 10.1. The quantitative estimate of drug-likeness (QED) is 0.844. The number of rotatable bonds is 2. The molecule has 0 spiro atoms. The molecule has 0 saturated heterocycles. The highest BCUT2D eigenvalue weighted by Crippen LogP contribution is 2.29. The zero-order chi connectivity index (χ0) is 10.8. The Morgan fingerprint density at radius 3 is 2.80 bits per heavy atom.